The molecule has 2 aromatic carbocycles. The molecule has 0 atom stereocenters. The van der Waals surface area contributed by atoms with Crippen molar-refractivity contribution in [2.45, 2.75) is 27.2 Å². The maximum Gasteiger partial charge on any atom is 0.271 e. The molecule has 0 unspecified atom stereocenters. The first-order valence-electron chi connectivity index (χ1n) is 8.77. The molecule has 0 aromatic heterocycles. The van der Waals surface area contributed by atoms with E-state index in [1.165, 1.54) is 14.2 Å². The van der Waals surface area contributed by atoms with Crippen molar-refractivity contribution in [3.8, 4) is 11.5 Å². The van der Waals surface area contributed by atoms with Crippen LogP contribution in [0, 0.1) is 13.8 Å². The van der Waals surface area contributed by atoms with Gasteiger partial charge in [-0.25, -0.2) is 5.43 Å². The molecule has 2 aromatic rings. The number of carbonyl (C=O) groups excluding carboxylic acids is 2. The fourth-order valence-corrected chi connectivity index (χ4v) is 2.54. The average molecular weight is 383 g/mol. The van der Waals surface area contributed by atoms with Gasteiger partial charge < -0.3 is 14.8 Å². The highest BCUT2D eigenvalue weighted by atomic mass is 16.5. The second-order valence-electron chi connectivity index (χ2n) is 6.33. The second-order valence-corrected chi connectivity index (χ2v) is 6.33. The van der Waals surface area contributed by atoms with Crippen LogP contribution in [0.1, 0.15) is 34.8 Å². The zero-order valence-electron chi connectivity index (χ0n) is 16.8. The monoisotopic (exact) mass is 383 g/mol. The van der Waals surface area contributed by atoms with Gasteiger partial charge in [-0.1, -0.05) is 12.1 Å². The van der Waals surface area contributed by atoms with Crippen LogP contribution in [0.4, 0.5) is 5.69 Å². The summed E-state index contributed by atoms with van der Waals surface area (Å²) in [4.78, 5) is 24.5. The summed E-state index contributed by atoms with van der Waals surface area (Å²) in [5.74, 6) is 0.371. The molecule has 0 aliphatic carbocycles. The van der Waals surface area contributed by atoms with Crippen LogP contribution >= 0.6 is 0 Å². The summed E-state index contributed by atoms with van der Waals surface area (Å²) < 4.78 is 10.3. The Balaban J connectivity index is 1.97. The molecule has 0 spiro atoms. The first kappa shape index (κ1) is 21.0. The van der Waals surface area contributed by atoms with Crippen molar-refractivity contribution in [1.82, 2.24) is 5.43 Å². The number of nitrogens with one attached hydrogen (secondary N) is 2. The van der Waals surface area contributed by atoms with E-state index < -0.39 is 5.91 Å². The highest BCUT2D eigenvalue weighted by Crippen LogP contribution is 2.27. The molecule has 7 nitrogen and oxygen atoms in total. The summed E-state index contributed by atoms with van der Waals surface area (Å²) >= 11 is 0. The van der Waals surface area contributed by atoms with Crippen LogP contribution in [-0.2, 0) is 4.79 Å². The summed E-state index contributed by atoms with van der Waals surface area (Å²) in [6.45, 7) is 5.62. The number of hydrogen-bond donors (Lipinski definition) is 2. The van der Waals surface area contributed by atoms with Gasteiger partial charge in [-0.3, -0.25) is 9.59 Å². The number of hydrogen-bond acceptors (Lipinski definition) is 5. The molecule has 0 bridgehead atoms. The number of nitrogens with zero attached hydrogens (tertiary/aromatic N) is 1. The minimum atomic E-state index is -0.407. The minimum Gasteiger partial charge on any atom is -0.493 e. The Bertz CT molecular complexity index is 907. The normalized spacial score (nSPS) is 11.0. The van der Waals surface area contributed by atoms with Crippen LogP contribution in [-0.4, -0.2) is 31.7 Å². The topological polar surface area (TPSA) is 89.0 Å². The Morgan fingerprint density at radius 1 is 1.04 bits per heavy atom. The molecule has 28 heavy (non-hydrogen) atoms. The van der Waals surface area contributed by atoms with E-state index in [-0.39, 0.29) is 12.3 Å². The summed E-state index contributed by atoms with van der Waals surface area (Å²) in [6.07, 6.45) is 0.0690. The fourth-order valence-electron chi connectivity index (χ4n) is 2.54. The molecule has 2 N–H and O–H groups in total. The van der Waals surface area contributed by atoms with Crippen molar-refractivity contribution < 1.29 is 19.1 Å². The molecule has 0 fully saturated rings. The molecule has 0 saturated carbocycles. The smallest absolute Gasteiger partial charge is 0.271 e. The van der Waals surface area contributed by atoms with Crippen LogP contribution in [0.3, 0.4) is 0 Å². The zero-order valence-corrected chi connectivity index (χ0v) is 16.8. The standard InChI is InChI=1S/C21H25N3O4/c1-13-7-6-8-17(15(13)3)22-20(25)11-14(2)23-24-21(26)16-9-10-18(27-4)19(12-16)28-5/h6-10,12H,11H2,1-5H3,(H,22,25)(H,24,26). The number of benzene rings is 2. The van der Waals surface area contributed by atoms with E-state index in [9.17, 15) is 9.59 Å². The summed E-state index contributed by atoms with van der Waals surface area (Å²) in [7, 11) is 3.02. The van der Waals surface area contributed by atoms with Gasteiger partial charge >= 0.3 is 0 Å². The van der Waals surface area contributed by atoms with Gasteiger partial charge in [-0.15, -0.1) is 0 Å². The van der Waals surface area contributed by atoms with Gasteiger partial charge in [-0.2, -0.15) is 5.10 Å². The third-order valence-electron chi connectivity index (χ3n) is 4.29. The van der Waals surface area contributed by atoms with E-state index in [1.807, 2.05) is 32.0 Å². The molecule has 0 aliphatic rings. The highest BCUT2D eigenvalue weighted by molar-refractivity contribution is 6.06. The Hall–Kier alpha value is -3.35. The number of amides is 2. The van der Waals surface area contributed by atoms with Gasteiger partial charge in [0, 0.05) is 17.0 Å². The maximum absolute atomic E-state index is 12.3. The Morgan fingerprint density at radius 2 is 1.75 bits per heavy atom. The van der Waals surface area contributed by atoms with Gasteiger partial charge in [0.05, 0.1) is 20.6 Å². The van der Waals surface area contributed by atoms with Crippen molar-refractivity contribution in [3.05, 3.63) is 53.1 Å². The molecule has 7 heteroatoms. The first-order chi connectivity index (χ1) is 13.3. The van der Waals surface area contributed by atoms with Crippen molar-refractivity contribution in [2.24, 2.45) is 5.10 Å². The van der Waals surface area contributed by atoms with Crippen LogP contribution in [0.5, 0.6) is 11.5 Å². The molecule has 2 amide bonds. The third-order valence-corrected chi connectivity index (χ3v) is 4.29. The zero-order chi connectivity index (χ0) is 20.7. The van der Waals surface area contributed by atoms with Gasteiger partial charge in [-0.05, 0) is 56.2 Å². The minimum absolute atomic E-state index is 0.0690. The van der Waals surface area contributed by atoms with Gasteiger partial charge in [0.2, 0.25) is 5.91 Å². The third kappa shape index (κ3) is 5.33. The molecular formula is C21H25N3O4. The second kappa shape index (κ2) is 9.55. The number of hydrazone groups is 1. The lowest BCUT2D eigenvalue weighted by Gasteiger charge is -2.10. The van der Waals surface area contributed by atoms with Crippen LogP contribution in [0.15, 0.2) is 41.5 Å². The fraction of sp³-hybridized carbons (Fsp3) is 0.286. The number of aryl methyl sites for hydroxylation is 1. The van der Waals surface area contributed by atoms with E-state index in [0.29, 0.717) is 22.8 Å². The molecule has 2 rings (SSSR count). The van der Waals surface area contributed by atoms with E-state index >= 15 is 0 Å². The van der Waals surface area contributed by atoms with E-state index in [4.69, 9.17) is 9.47 Å². The van der Waals surface area contributed by atoms with E-state index in [1.54, 1.807) is 25.1 Å². The van der Waals surface area contributed by atoms with Crippen LogP contribution in [0.25, 0.3) is 0 Å². The van der Waals surface area contributed by atoms with Crippen LogP contribution < -0.4 is 20.2 Å². The number of carbonyl (C=O) groups is 2. The predicted molar refractivity (Wildman–Crippen MR) is 109 cm³/mol. The molecule has 0 saturated heterocycles. The summed E-state index contributed by atoms with van der Waals surface area (Å²) in [5, 5.41) is 6.87. The van der Waals surface area contributed by atoms with Crippen molar-refractivity contribution >= 4 is 23.2 Å². The number of ether oxygens (including phenoxy) is 2. The number of anilines is 1. The first-order valence-corrected chi connectivity index (χ1v) is 8.77. The van der Waals surface area contributed by atoms with Crippen molar-refractivity contribution in [3.63, 3.8) is 0 Å². The lowest BCUT2D eigenvalue weighted by atomic mass is 10.1. The van der Waals surface area contributed by atoms with E-state index in [2.05, 4.69) is 15.8 Å². The number of methoxy groups -OCH3 is 2. The van der Waals surface area contributed by atoms with E-state index in [0.717, 1.165) is 16.8 Å². The highest BCUT2D eigenvalue weighted by Gasteiger charge is 2.11. The molecule has 148 valence electrons. The Morgan fingerprint density at radius 3 is 2.43 bits per heavy atom. The molecule has 0 radical (unpaired) electrons. The quantitative estimate of drug-likeness (QED) is 0.566. The predicted octanol–water partition coefficient (Wildman–Crippen LogP) is 3.46. The van der Waals surface area contributed by atoms with Crippen LogP contribution in [0.2, 0.25) is 0 Å². The lowest BCUT2D eigenvalue weighted by molar-refractivity contribution is -0.115. The summed E-state index contributed by atoms with van der Waals surface area (Å²) in [6, 6.07) is 10.5. The molecule has 0 heterocycles. The Labute approximate surface area is 164 Å². The summed E-state index contributed by atoms with van der Waals surface area (Å²) in [5.41, 5.74) is 6.20. The van der Waals surface area contributed by atoms with Gasteiger partial charge in [0.15, 0.2) is 11.5 Å². The molecule has 0 aliphatic heterocycles. The number of rotatable bonds is 7. The van der Waals surface area contributed by atoms with Gasteiger partial charge in [0.25, 0.3) is 5.91 Å². The Kier molecular flexibility index (Phi) is 7.14. The lowest BCUT2D eigenvalue weighted by Crippen LogP contribution is -2.21. The van der Waals surface area contributed by atoms with Crippen molar-refractivity contribution in [2.75, 3.05) is 19.5 Å². The largest absolute Gasteiger partial charge is 0.493 e. The maximum atomic E-state index is 12.3. The van der Waals surface area contributed by atoms with Crippen molar-refractivity contribution in [1.29, 1.82) is 0 Å². The molecular weight excluding hydrogens is 358 g/mol. The SMILES string of the molecule is COc1ccc(C(=O)NN=C(C)CC(=O)Nc2cccc(C)c2C)cc1OC. The van der Waals surface area contributed by atoms with Gasteiger partial charge in [0.1, 0.15) is 0 Å². The average Bonchev–Trinajstić information content (AvgIpc) is 2.69.